The maximum Gasteiger partial charge on any atom is 0.258 e. The molecule has 0 bridgehead atoms. The van der Waals surface area contributed by atoms with Crippen LogP contribution in [0.25, 0.3) is 0 Å². The number of halogens is 1. The average molecular weight is 330 g/mol. The van der Waals surface area contributed by atoms with E-state index in [9.17, 15) is 14.4 Å². The molecule has 24 heavy (non-hydrogen) atoms. The van der Waals surface area contributed by atoms with Gasteiger partial charge >= 0.3 is 0 Å². The number of nitrogens with zero attached hydrogens (tertiary/aromatic N) is 1. The van der Waals surface area contributed by atoms with Crippen molar-refractivity contribution in [2.24, 2.45) is 10.9 Å². The van der Waals surface area contributed by atoms with Crippen molar-refractivity contribution < 1.29 is 14.4 Å². The molecule has 1 fully saturated rings. The van der Waals surface area contributed by atoms with Gasteiger partial charge in [-0.15, -0.1) is 0 Å². The van der Waals surface area contributed by atoms with Gasteiger partial charge in [0.2, 0.25) is 0 Å². The minimum atomic E-state index is -1.07. The largest absolute Gasteiger partial charge is 0.289 e. The van der Waals surface area contributed by atoms with E-state index in [1.54, 1.807) is 24.5 Å². The van der Waals surface area contributed by atoms with E-state index in [-0.39, 0.29) is 5.82 Å². The van der Waals surface area contributed by atoms with E-state index >= 15 is 0 Å². The fourth-order valence-electron chi connectivity index (χ4n) is 3.78. The summed E-state index contributed by atoms with van der Waals surface area (Å²) >= 11 is 0. The maximum atomic E-state index is 14.1. The molecule has 1 atom stereocenters. The summed E-state index contributed by atoms with van der Waals surface area (Å²) in [6.07, 6.45) is 3.46. The van der Waals surface area contributed by atoms with Gasteiger partial charge in [-0.2, -0.15) is 0 Å². The molecule has 1 aromatic carbocycles. The smallest absolute Gasteiger partial charge is 0.258 e. The van der Waals surface area contributed by atoms with Gasteiger partial charge in [0.05, 0.1) is 5.41 Å². The van der Waals surface area contributed by atoms with Crippen LogP contribution >= 0.6 is 0 Å². The van der Waals surface area contributed by atoms with E-state index in [0.29, 0.717) is 29.9 Å². The highest BCUT2D eigenvalue weighted by molar-refractivity contribution is 5.93. The van der Waals surface area contributed by atoms with Crippen LogP contribution in [0.2, 0.25) is 0 Å². The Hall–Kier alpha value is -2.01. The number of carbonyl (C=O) groups excluding carboxylic acids is 1. The molecule has 0 saturated heterocycles. The standard InChI is InChI=1S/C19H23FN2O2/c1-11-15(5-4-6-16(11)20)19(18(23)22-24)10-9-17(12(19)2)21-13(3)14-7-8-14/h4-6,14,24H,7-10H2,1-3H3,(H,22,23)/t19-/m0/s1. The van der Waals surface area contributed by atoms with Crippen LogP contribution < -0.4 is 5.48 Å². The Labute approximate surface area is 141 Å². The van der Waals surface area contributed by atoms with E-state index in [1.165, 1.54) is 18.9 Å². The van der Waals surface area contributed by atoms with Gasteiger partial charge in [0.15, 0.2) is 0 Å². The average Bonchev–Trinajstić information content (AvgIpc) is 3.37. The summed E-state index contributed by atoms with van der Waals surface area (Å²) < 4.78 is 14.1. The van der Waals surface area contributed by atoms with Crippen molar-refractivity contribution in [2.45, 2.75) is 51.9 Å². The Morgan fingerprint density at radius 3 is 2.71 bits per heavy atom. The first-order valence-corrected chi connectivity index (χ1v) is 8.37. The summed E-state index contributed by atoms with van der Waals surface area (Å²) in [6, 6.07) is 4.75. The number of rotatable bonds is 4. The van der Waals surface area contributed by atoms with Crippen molar-refractivity contribution in [3.8, 4) is 0 Å². The van der Waals surface area contributed by atoms with Crippen LogP contribution in [-0.2, 0) is 10.2 Å². The molecule has 1 saturated carbocycles. The quantitative estimate of drug-likeness (QED) is 0.501. The predicted molar refractivity (Wildman–Crippen MR) is 90.5 cm³/mol. The van der Waals surface area contributed by atoms with Gasteiger partial charge in [-0.05, 0) is 75.1 Å². The third-order valence-electron chi connectivity index (χ3n) is 5.51. The summed E-state index contributed by atoms with van der Waals surface area (Å²) in [5.41, 5.74) is 4.53. The third-order valence-corrected chi connectivity index (χ3v) is 5.51. The van der Waals surface area contributed by atoms with Gasteiger partial charge < -0.3 is 0 Å². The number of hydroxylamine groups is 1. The van der Waals surface area contributed by atoms with Crippen molar-refractivity contribution >= 4 is 11.6 Å². The molecule has 3 rings (SSSR count). The molecular weight excluding hydrogens is 307 g/mol. The second kappa shape index (κ2) is 6.13. The van der Waals surface area contributed by atoms with Crippen molar-refractivity contribution in [1.29, 1.82) is 0 Å². The lowest BCUT2D eigenvalue weighted by molar-refractivity contribution is -0.133. The lowest BCUT2D eigenvalue weighted by Gasteiger charge is -2.30. The fourth-order valence-corrected chi connectivity index (χ4v) is 3.78. The summed E-state index contributed by atoms with van der Waals surface area (Å²) in [7, 11) is 0. The minimum Gasteiger partial charge on any atom is -0.289 e. The van der Waals surface area contributed by atoms with Crippen LogP contribution in [0.3, 0.4) is 0 Å². The molecule has 0 aliphatic heterocycles. The number of allylic oxidation sites excluding steroid dienone is 1. The Bertz CT molecular complexity index is 750. The summed E-state index contributed by atoms with van der Waals surface area (Å²) in [5.74, 6) is -0.317. The van der Waals surface area contributed by atoms with E-state index in [0.717, 1.165) is 17.0 Å². The Balaban J connectivity index is 2.14. The Kier molecular flexibility index (Phi) is 4.30. The molecule has 5 heteroatoms. The second-order valence-electron chi connectivity index (χ2n) is 6.86. The van der Waals surface area contributed by atoms with E-state index in [2.05, 4.69) is 0 Å². The summed E-state index contributed by atoms with van der Waals surface area (Å²) in [5, 5.41) is 9.31. The number of aliphatic imine (C=N–C) groups is 1. The van der Waals surface area contributed by atoms with Crippen LogP contribution in [0, 0.1) is 18.7 Å². The zero-order chi connectivity index (χ0) is 17.5. The van der Waals surface area contributed by atoms with Crippen LogP contribution in [0.5, 0.6) is 0 Å². The molecular formula is C19H23FN2O2. The van der Waals surface area contributed by atoms with E-state index in [1.807, 2.05) is 13.8 Å². The molecule has 0 spiro atoms. The molecule has 4 nitrogen and oxygen atoms in total. The van der Waals surface area contributed by atoms with Crippen molar-refractivity contribution in [3.63, 3.8) is 0 Å². The molecule has 1 aromatic rings. The molecule has 0 radical (unpaired) electrons. The monoisotopic (exact) mass is 330 g/mol. The van der Waals surface area contributed by atoms with Gasteiger partial charge in [-0.3, -0.25) is 15.0 Å². The topological polar surface area (TPSA) is 61.7 Å². The second-order valence-corrected chi connectivity index (χ2v) is 6.86. The van der Waals surface area contributed by atoms with Gasteiger partial charge in [0.1, 0.15) is 5.82 Å². The van der Waals surface area contributed by atoms with Gasteiger partial charge in [-0.1, -0.05) is 12.1 Å². The molecule has 128 valence electrons. The van der Waals surface area contributed by atoms with E-state index in [4.69, 9.17) is 4.99 Å². The van der Waals surface area contributed by atoms with E-state index < -0.39 is 11.3 Å². The highest BCUT2D eigenvalue weighted by Crippen LogP contribution is 2.47. The normalized spacial score (nSPS) is 24.5. The zero-order valence-electron chi connectivity index (χ0n) is 14.3. The highest BCUT2D eigenvalue weighted by Gasteiger charge is 2.48. The Morgan fingerprint density at radius 1 is 1.38 bits per heavy atom. The molecule has 1 amide bonds. The number of hydrogen-bond donors (Lipinski definition) is 2. The predicted octanol–water partition coefficient (Wildman–Crippen LogP) is 3.82. The lowest BCUT2D eigenvalue weighted by atomic mass is 9.73. The minimum absolute atomic E-state index is 0.350. The first-order chi connectivity index (χ1) is 11.4. The SMILES string of the molecule is CC(=NC1=C(C)[C@](C(=O)NO)(c2cccc(F)c2C)CC1)C1CC1. The molecule has 0 aromatic heterocycles. The first-order valence-electron chi connectivity index (χ1n) is 8.37. The number of hydrogen-bond acceptors (Lipinski definition) is 3. The van der Waals surface area contributed by atoms with Crippen molar-refractivity contribution in [2.75, 3.05) is 0 Å². The molecule has 0 heterocycles. The molecule has 0 unspecified atom stereocenters. The highest BCUT2D eigenvalue weighted by atomic mass is 19.1. The van der Waals surface area contributed by atoms with Gasteiger partial charge in [0, 0.05) is 11.4 Å². The number of nitrogens with one attached hydrogen (secondary N) is 1. The number of benzene rings is 1. The van der Waals surface area contributed by atoms with Gasteiger partial charge in [-0.25, -0.2) is 9.87 Å². The molecule has 2 aliphatic rings. The van der Waals surface area contributed by atoms with Crippen molar-refractivity contribution in [3.05, 3.63) is 46.4 Å². The van der Waals surface area contributed by atoms with Crippen LogP contribution in [0.15, 0.2) is 34.5 Å². The van der Waals surface area contributed by atoms with Crippen LogP contribution in [-0.4, -0.2) is 16.8 Å². The zero-order valence-corrected chi connectivity index (χ0v) is 14.3. The van der Waals surface area contributed by atoms with Crippen LogP contribution in [0.1, 0.15) is 50.7 Å². The van der Waals surface area contributed by atoms with Gasteiger partial charge in [0.25, 0.3) is 5.91 Å². The number of amides is 1. The number of carbonyl (C=O) groups is 1. The lowest BCUT2D eigenvalue weighted by Crippen LogP contribution is -2.43. The molecule has 2 aliphatic carbocycles. The fraction of sp³-hybridized carbons (Fsp3) is 0.474. The van der Waals surface area contributed by atoms with Crippen molar-refractivity contribution in [1.82, 2.24) is 5.48 Å². The third kappa shape index (κ3) is 2.57. The first kappa shape index (κ1) is 16.8. The maximum absolute atomic E-state index is 14.1. The Morgan fingerprint density at radius 2 is 2.08 bits per heavy atom. The summed E-state index contributed by atoms with van der Waals surface area (Å²) in [4.78, 5) is 17.4. The van der Waals surface area contributed by atoms with Crippen LogP contribution in [0.4, 0.5) is 4.39 Å². The summed E-state index contributed by atoms with van der Waals surface area (Å²) in [6.45, 7) is 5.56. The molecule has 2 N–H and O–H groups in total.